The average Bonchev–Trinajstić information content (AvgIpc) is 2.41. The molecule has 0 amide bonds. The lowest BCUT2D eigenvalue weighted by Gasteiger charge is -2.20. The second kappa shape index (κ2) is 4.50. The van der Waals surface area contributed by atoms with E-state index in [1.165, 1.54) is 5.56 Å². The number of nitrogens with one attached hydrogen (secondary N) is 1. The van der Waals surface area contributed by atoms with Crippen LogP contribution >= 0.6 is 0 Å². The summed E-state index contributed by atoms with van der Waals surface area (Å²) in [6.45, 7) is 1.67. The van der Waals surface area contributed by atoms with Crippen molar-refractivity contribution in [1.29, 1.82) is 0 Å². The zero-order valence-electron chi connectivity index (χ0n) is 9.84. The minimum Gasteiger partial charge on any atom is -0.312 e. The highest BCUT2D eigenvalue weighted by Gasteiger charge is 2.17. The summed E-state index contributed by atoms with van der Waals surface area (Å²) in [7, 11) is 0. The number of hydrogen-bond donors (Lipinski definition) is 1. The Kier molecular flexibility index (Phi) is 2.84. The van der Waals surface area contributed by atoms with Crippen molar-refractivity contribution in [3.8, 4) is 11.1 Å². The van der Waals surface area contributed by atoms with Crippen molar-refractivity contribution < 1.29 is 8.78 Å². The molecule has 0 spiro atoms. The van der Waals surface area contributed by atoms with Crippen LogP contribution in [0, 0.1) is 11.6 Å². The molecule has 1 aliphatic heterocycles. The predicted molar refractivity (Wildman–Crippen MR) is 67.2 cm³/mol. The van der Waals surface area contributed by atoms with Crippen LogP contribution in [0.25, 0.3) is 11.1 Å². The fourth-order valence-corrected chi connectivity index (χ4v) is 2.50. The molecule has 0 radical (unpaired) electrons. The maximum Gasteiger partial charge on any atom is 0.166 e. The summed E-state index contributed by atoms with van der Waals surface area (Å²) >= 11 is 0. The number of halogens is 2. The van der Waals surface area contributed by atoms with Crippen molar-refractivity contribution in [1.82, 2.24) is 5.32 Å². The van der Waals surface area contributed by atoms with E-state index in [4.69, 9.17) is 0 Å². The largest absolute Gasteiger partial charge is 0.312 e. The molecule has 2 aromatic carbocycles. The molecule has 0 atom stereocenters. The van der Waals surface area contributed by atoms with Crippen LogP contribution in [0.2, 0.25) is 0 Å². The first-order valence-electron chi connectivity index (χ1n) is 6.03. The number of hydrogen-bond acceptors (Lipinski definition) is 1. The number of benzene rings is 2. The zero-order chi connectivity index (χ0) is 12.5. The van der Waals surface area contributed by atoms with Crippen LogP contribution in [-0.4, -0.2) is 6.54 Å². The van der Waals surface area contributed by atoms with Crippen molar-refractivity contribution in [2.24, 2.45) is 0 Å². The second-order valence-corrected chi connectivity index (χ2v) is 4.47. The monoisotopic (exact) mass is 245 g/mol. The first-order chi connectivity index (χ1) is 8.77. The van der Waals surface area contributed by atoms with Gasteiger partial charge in [0, 0.05) is 12.1 Å². The van der Waals surface area contributed by atoms with Gasteiger partial charge in [0.05, 0.1) is 0 Å². The summed E-state index contributed by atoms with van der Waals surface area (Å²) in [5.41, 5.74) is 3.46. The van der Waals surface area contributed by atoms with Gasteiger partial charge < -0.3 is 5.32 Å². The van der Waals surface area contributed by atoms with Crippen LogP contribution in [0.15, 0.2) is 36.4 Å². The fraction of sp³-hybridized carbons (Fsp3) is 0.200. The average molecular weight is 245 g/mol. The van der Waals surface area contributed by atoms with Crippen LogP contribution in [0.3, 0.4) is 0 Å². The van der Waals surface area contributed by atoms with Gasteiger partial charge in [-0.15, -0.1) is 0 Å². The first-order valence-corrected chi connectivity index (χ1v) is 6.03. The van der Waals surface area contributed by atoms with Gasteiger partial charge in [0.25, 0.3) is 0 Å². The molecule has 2 aromatic rings. The summed E-state index contributed by atoms with van der Waals surface area (Å²) in [5.74, 6) is -1.55. The van der Waals surface area contributed by atoms with Gasteiger partial charge in [0.2, 0.25) is 0 Å². The SMILES string of the molecule is Fc1cccc(-c2cccc3c2CCNC3)c1F. The highest BCUT2D eigenvalue weighted by molar-refractivity contribution is 5.69. The van der Waals surface area contributed by atoms with Gasteiger partial charge in [-0.3, -0.25) is 0 Å². The van der Waals surface area contributed by atoms with Gasteiger partial charge in [-0.2, -0.15) is 0 Å². The molecule has 0 bridgehead atoms. The smallest absolute Gasteiger partial charge is 0.166 e. The lowest BCUT2D eigenvalue weighted by Crippen LogP contribution is -2.24. The molecule has 1 N–H and O–H groups in total. The molecule has 3 rings (SSSR count). The molecule has 92 valence electrons. The molecule has 0 fully saturated rings. The molecule has 1 aliphatic rings. The molecule has 1 heterocycles. The van der Waals surface area contributed by atoms with E-state index in [0.717, 1.165) is 36.7 Å². The Balaban J connectivity index is 2.20. The Bertz CT molecular complexity index is 593. The van der Waals surface area contributed by atoms with E-state index in [1.807, 2.05) is 18.2 Å². The second-order valence-electron chi connectivity index (χ2n) is 4.47. The van der Waals surface area contributed by atoms with Crippen LogP contribution in [0.1, 0.15) is 11.1 Å². The van der Waals surface area contributed by atoms with Crippen molar-refractivity contribution in [2.75, 3.05) is 6.54 Å². The number of rotatable bonds is 1. The van der Waals surface area contributed by atoms with Gasteiger partial charge in [-0.25, -0.2) is 8.78 Å². The maximum absolute atomic E-state index is 13.9. The van der Waals surface area contributed by atoms with Gasteiger partial charge in [-0.1, -0.05) is 30.3 Å². The Hall–Kier alpha value is -1.74. The highest BCUT2D eigenvalue weighted by atomic mass is 19.2. The molecule has 0 aromatic heterocycles. The minimum absolute atomic E-state index is 0.355. The molecular weight excluding hydrogens is 232 g/mol. The maximum atomic E-state index is 13.9. The molecule has 0 unspecified atom stereocenters. The quantitative estimate of drug-likeness (QED) is 0.813. The van der Waals surface area contributed by atoms with E-state index in [0.29, 0.717) is 5.56 Å². The third-order valence-corrected chi connectivity index (χ3v) is 3.38. The van der Waals surface area contributed by atoms with Gasteiger partial charge in [-0.05, 0) is 35.7 Å². The Labute approximate surface area is 104 Å². The van der Waals surface area contributed by atoms with Crippen molar-refractivity contribution in [2.45, 2.75) is 13.0 Å². The molecule has 0 saturated heterocycles. The van der Waals surface area contributed by atoms with Gasteiger partial charge >= 0.3 is 0 Å². The molecule has 0 aliphatic carbocycles. The predicted octanol–water partition coefficient (Wildman–Crippen LogP) is 3.28. The third-order valence-electron chi connectivity index (χ3n) is 3.38. The van der Waals surface area contributed by atoms with Crippen LogP contribution in [0.4, 0.5) is 8.78 Å². The first kappa shape index (κ1) is 11.4. The molecule has 18 heavy (non-hydrogen) atoms. The van der Waals surface area contributed by atoms with Crippen LogP contribution in [-0.2, 0) is 13.0 Å². The Morgan fingerprint density at radius 3 is 2.61 bits per heavy atom. The molecule has 1 nitrogen and oxygen atoms in total. The van der Waals surface area contributed by atoms with Crippen LogP contribution < -0.4 is 5.32 Å². The summed E-state index contributed by atoms with van der Waals surface area (Å²) in [6.07, 6.45) is 0.849. The molecule has 3 heteroatoms. The minimum atomic E-state index is -0.793. The van der Waals surface area contributed by atoms with Gasteiger partial charge in [0.1, 0.15) is 0 Å². The zero-order valence-corrected chi connectivity index (χ0v) is 9.84. The van der Waals surface area contributed by atoms with Crippen molar-refractivity contribution in [3.05, 3.63) is 59.2 Å². The summed E-state index contributed by atoms with van der Waals surface area (Å²) in [5, 5.41) is 3.28. The summed E-state index contributed by atoms with van der Waals surface area (Å²) in [6, 6.07) is 10.1. The third kappa shape index (κ3) is 1.81. The van der Waals surface area contributed by atoms with E-state index in [1.54, 1.807) is 12.1 Å². The molecule has 0 saturated carbocycles. The Morgan fingerprint density at radius 1 is 0.944 bits per heavy atom. The van der Waals surface area contributed by atoms with Crippen molar-refractivity contribution in [3.63, 3.8) is 0 Å². The topological polar surface area (TPSA) is 12.0 Å². The lowest BCUT2D eigenvalue weighted by molar-refractivity contribution is 0.511. The van der Waals surface area contributed by atoms with E-state index in [9.17, 15) is 8.78 Å². The normalized spacial score (nSPS) is 14.3. The summed E-state index contributed by atoms with van der Waals surface area (Å²) < 4.78 is 27.2. The summed E-state index contributed by atoms with van der Waals surface area (Å²) in [4.78, 5) is 0. The van der Waals surface area contributed by atoms with Crippen molar-refractivity contribution >= 4 is 0 Å². The fourth-order valence-electron chi connectivity index (χ4n) is 2.50. The number of fused-ring (bicyclic) bond motifs is 1. The molecular formula is C15H13F2N. The Morgan fingerprint density at radius 2 is 1.72 bits per heavy atom. The van der Waals surface area contributed by atoms with E-state index >= 15 is 0 Å². The van der Waals surface area contributed by atoms with E-state index in [-0.39, 0.29) is 0 Å². The standard InChI is InChI=1S/C15H13F2N/c16-14-6-2-5-13(15(14)17)12-4-1-3-10-9-18-8-7-11(10)12/h1-6,18H,7-9H2. The lowest BCUT2D eigenvalue weighted by atomic mass is 9.91. The van der Waals surface area contributed by atoms with E-state index in [2.05, 4.69) is 5.32 Å². The van der Waals surface area contributed by atoms with Crippen LogP contribution in [0.5, 0.6) is 0 Å². The highest BCUT2D eigenvalue weighted by Crippen LogP contribution is 2.30. The van der Waals surface area contributed by atoms with Gasteiger partial charge in [0.15, 0.2) is 11.6 Å². The van der Waals surface area contributed by atoms with E-state index < -0.39 is 11.6 Å².